The zero-order valence-electron chi connectivity index (χ0n) is 13.4. The molecule has 0 radical (unpaired) electrons. The molecule has 0 aliphatic carbocycles. The second-order valence-electron chi connectivity index (χ2n) is 6.49. The number of benzene rings is 1. The first-order chi connectivity index (χ1) is 10.3. The van der Waals surface area contributed by atoms with Crippen molar-refractivity contribution in [2.24, 2.45) is 0 Å². The van der Waals surface area contributed by atoms with Crippen LogP contribution in [0.4, 0.5) is 0 Å². The highest BCUT2D eigenvalue weighted by Crippen LogP contribution is 2.17. The zero-order chi connectivity index (χ0) is 16.3. The number of aromatic nitrogens is 4. The summed E-state index contributed by atoms with van der Waals surface area (Å²) < 4.78 is 7.85. The van der Waals surface area contributed by atoms with E-state index in [9.17, 15) is 9.90 Å². The monoisotopic (exact) mass is 322 g/mol. The average Bonchev–Trinajstić information content (AvgIpc) is 2.78. The van der Waals surface area contributed by atoms with Crippen molar-refractivity contribution in [3.8, 4) is 11.4 Å². The van der Waals surface area contributed by atoms with Crippen LogP contribution in [0.1, 0.15) is 5.56 Å². The summed E-state index contributed by atoms with van der Waals surface area (Å²) in [5.41, 5.74) is 0.951. The highest BCUT2D eigenvalue weighted by Gasteiger charge is 2.14. The number of rotatable bonds is 6. The molecule has 1 N–H and O–H groups in total. The van der Waals surface area contributed by atoms with Crippen molar-refractivity contribution in [1.82, 2.24) is 19.8 Å². The Morgan fingerprint density at radius 1 is 1.27 bits per heavy atom. The van der Waals surface area contributed by atoms with Gasteiger partial charge in [0.1, 0.15) is 12.5 Å². The van der Waals surface area contributed by atoms with Crippen LogP contribution in [-0.4, -0.2) is 39.6 Å². The standard InChI is InChI=1S/C14H22N4O3Si/c1-11-5-6-12(19)9-13(11)18-14(20)17(15-16-18)10-21-7-8-22(2,3)4/h5-6,9,19H,7-8,10H2,1-4H3. The molecule has 0 atom stereocenters. The molecular formula is C14H22N4O3Si. The van der Waals surface area contributed by atoms with Gasteiger partial charge in [-0.3, -0.25) is 0 Å². The van der Waals surface area contributed by atoms with Crippen LogP contribution in [0, 0.1) is 6.92 Å². The molecule has 2 rings (SSSR count). The molecule has 22 heavy (non-hydrogen) atoms. The van der Waals surface area contributed by atoms with Gasteiger partial charge in [0.05, 0.1) is 5.69 Å². The van der Waals surface area contributed by atoms with E-state index >= 15 is 0 Å². The molecule has 1 heterocycles. The highest BCUT2D eigenvalue weighted by molar-refractivity contribution is 6.76. The first-order valence-electron chi connectivity index (χ1n) is 7.18. The molecule has 8 heteroatoms. The van der Waals surface area contributed by atoms with E-state index in [0.29, 0.717) is 12.3 Å². The van der Waals surface area contributed by atoms with E-state index in [0.717, 1.165) is 16.3 Å². The van der Waals surface area contributed by atoms with Crippen molar-refractivity contribution < 1.29 is 9.84 Å². The molecule has 1 aromatic carbocycles. The Labute approximate surface area is 130 Å². The van der Waals surface area contributed by atoms with Gasteiger partial charge in [0, 0.05) is 20.7 Å². The third kappa shape index (κ3) is 4.05. The molecule has 0 bridgehead atoms. The summed E-state index contributed by atoms with van der Waals surface area (Å²) >= 11 is 0. The Bertz CT molecular complexity index is 703. The van der Waals surface area contributed by atoms with Crippen LogP contribution < -0.4 is 5.69 Å². The Balaban J connectivity index is 2.10. The van der Waals surface area contributed by atoms with Crippen LogP contribution in [-0.2, 0) is 11.5 Å². The molecule has 7 nitrogen and oxygen atoms in total. The van der Waals surface area contributed by atoms with Gasteiger partial charge in [-0.1, -0.05) is 25.7 Å². The van der Waals surface area contributed by atoms with Gasteiger partial charge >= 0.3 is 5.69 Å². The molecule has 120 valence electrons. The second kappa shape index (κ2) is 6.45. The number of ether oxygens (including phenoxy) is 1. The lowest BCUT2D eigenvalue weighted by Gasteiger charge is -2.14. The number of nitrogens with zero attached hydrogens (tertiary/aromatic N) is 4. The van der Waals surface area contributed by atoms with Crippen LogP contribution in [0.25, 0.3) is 5.69 Å². The largest absolute Gasteiger partial charge is 0.508 e. The van der Waals surface area contributed by atoms with Gasteiger partial charge in [-0.15, -0.1) is 0 Å². The van der Waals surface area contributed by atoms with Gasteiger partial charge < -0.3 is 9.84 Å². The van der Waals surface area contributed by atoms with Gasteiger partial charge in [-0.2, -0.15) is 9.36 Å². The summed E-state index contributed by atoms with van der Waals surface area (Å²) in [7, 11) is -1.15. The maximum absolute atomic E-state index is 12.3. The average molecular weight is 322 g/mol. The first kappa shape index (κ1) is 16.4. The predicted octanol–water partition coefficient (Wildman–Crippen LogP) is 1.76. The minimum atomic E-state index is -1.15. The van der Waals surface area contributed by atoms with Crippen molar-refractivity contribution in [1.29, 1.82) is 0 Å². The molecule has 0 saturated heterocycles. The van der Waals surface area contributed by atoms with Crippen molar-refractivity contribution in [3.05, 3.63) is 34.2 Å². The van der Waals surface area contributed by atoms with Crippen LogP contribution in [0.15, 0.2) is 23.0 Å². The lowest BCUT2D eigenvalue weighted by molar-refractivity contribution is 0.0748. The maximum Gasteiger partial charge on any atom is 0.370 e. The SMILES string of the molecule is Cc1ccc(O)cc1-n1nnn(COCC[Si](C)(C)C)c1=O. The smallest absolute Gasteiger partial charge is 0.370 e. The second-order valence-corrected chi connectivity index (χ2v) is 12.1. The fourth-order valence-electron chi connectivity index (χ4n) is 1.86. The molecule has 0 unspecified atom stereocenters. The zero-order valence-corrected chi connectivity index (χ0v) is 14.4. The first-order valence-corrected chi connectivity index (χ1v) is 10.9. The summed E-state index contributed by atoms with van der Waals surface area (Å²) in [4.78, 5) is 12.3. The number of hydrogen-bond donors (Lipinski definition) is 1. The lowest BCUT2D eigenvalue weighted by atomic mass is 10.2. The number of aromatic hydroxyl groups is 1. The van der Waals surface area contributed by atoms with Crippen molar-refractivity contribution in [2.45, 2.75) is 39.3 Å². The summed E-state index contributed by atoms with van der Waals surface area (Å²) in [6.07, 6.45) is 0. The number of phenolic OH excluding ortho intramolecular Hbond substituents is 1. The van der Waals surface area contributed by atoms with E-state index in [2.05, 4.69) is 30.1 Å². The van der Waals surface area contributed by atoms with E-state index in [-0.39, 0.29) is 18.2 Å². The fraction of sp³-hybridized carbons (Fsp3) is 0.500. The van der Waals surface area contributed by atoms with Crippen LogP contribution in [0.5, 0.6) is 5.75 Å². The number of aryl methyl sites for hydroxylation is 1. The van der Waals surface area contributed by atoms with E-state index in [4.69, 9.17) is 4.74 Å². The fourth-order valence-corrected chi connectivity index (χ4v) is 2.62. The summed E-state index contributed by atoms with van der Waals surface area (Å²) in [6.45, 7) is 9.34. The van der Waals surface area contributed by atoms with Gasteiger partial charge in [-0.25, -0.2) is 4.79 Å². The van der Waals surface area contributed by atoms with Crippen molar-refractivity contribution >= 4 is 8.07 Å². The Morgan fingerprint density at radius 2 is 2.00 bits per heavy atom. The molecule has 0 aliphatic heterocycles. The number of tetrazole rings is 1. The Hall–Kier alpha value is -1.93. The molecular weight excluding hydrogens is 300 g/mol. The van der Waals surface area contributed by atoms with Crippen LogP contribution >= 0.6 is 0 Å². The molecule has 2 aromatic rings. The van der Waals surface area contributed by atoms with Gasteiger partial charge in [0.25, 0.3) is 0 Å². The Morgan fingerprint density at radius 3 is 2.68 bits per heavy atom. The minimum Gasteiger partial charge on any atom is -0.508 e. The van der Waals surface area contributed by atoms with Crippen LogP contribution in [0.2, 0.25) is 25.7 Å². The molecule has 0 fully saturated rings. The quantitative estimate of drug-likeness (QED) is 0.647. The van der Waals surface area contributed by atoms with Crippen molar-refractivity contribution in [2.75, 3.05) is 6.61 Å². The number of hydrogen-bond acceptors (Lipinski definition) is 5. The Kier molecular flexibility index (Phi) is 4.82. The third-order valence-electron chi connectivity index (χ3n) is 3.27. The summed E-state index contributed by atoms with van der Waals surface area (Å²) in [5, 5.41) is 17.2. The molecule has 1 aromatic heterocycles. The molecule has 0 spiro atoms. The topological polar surface area (TPSA) is 82.2 Å². The summed E-state index contributed by atoms with van der Waals surface area (Å²) in [6, 6.07) is 5.80. The van der Waals surface area contributed by atoms with E-state index < -0.39 is 8.07 Å². The normalized spacial score (nSPS) is 11.8. The molecule has 0 saturated carbocycles. The van der Waals surface area contributed by atoms with E-state index in [1.807, 2.05) is 6.92 Å². The number of phenols is 1. The lowest BCUT2D eigenvalue weighted by Crippen LogP contribution is -2.27. The minimum absolute atomic E-state index is 0.0773. The maximum atomic E-state index is 12.3. The predicted molar refractivity (Wildman–Crippen MR) is 86.1 cm³/mol. The third-order valence-corrected chi connectivity index (χ3v) is 4.97. The molecule has 0 aliphatic rings. The van der Waals surface area contributed by atoms with E-state index in [1.54, 1.807) is 12.1 Å². The van der Waals surface area contributed by atoms with Gasteiger partial charge in [0.15, 0.2) is 0 Å². The highest BCUT2D eigenvalue weighted by atomic mass is 28.3. The molecule has 0 amide bonds. The van der Waals surface area contributed by atoms with Gasteiger partial charge in [-0.05, 0) is 35.0 Å². The van der Waals surface area contributed by atoms with E-state index in [1.165, 1.54) is 10.7 Å². The summed E-state index contributed by atoms with van der Waals surface area (Å²) in [5.74, 6) is 0.0773. The van der Waals surface area contributed by atoms with Crippen LogP contribution in [0.3, 0.4) is 0 Å². The van der Waals surface area contributed by atoms with Crippen molar-refractivity contribution in [3.63, 3.8) is 0 Å². The van der Waals surface area contributed by atoms with Gasteiger partial charge in [0.2, 0.25) is 0 Å².